The number of nitrogens with zero attached hydrogens (tertiary/aromatic N) is 3. The molecule has 0 unspecified atom stereocenters. The Morgan fingerprint density at radius 2 is 1.68 bits per heavy atom. The third-order valence-corrected chi connectivity index (χ3v) is 14.9. The van der Waals surface area contributed by atoms with E-state index in [1.807, 2.05) is 30.3 Å². The Labute approximate surface area is 336 Å². The molecule has 15 heteroatoms. The Balaban J connectivity index is 1.27. The first kappa shape index (κ1) is 42.3. The van der Waals surface area contributed by atoms with Crippen LogP contribution in [0.4, 0.5) is 4.79 Å². The van der Waals surface area contributed by atoms with E-state index < -0.39 is 68.2 Å². The van der Waals surface area contributed by atoms with Crippen molar-refractivity contribution in [3.8, 4) is 5.88 Å². The number of carbonyl (C=O) groups excluding carboxylic acids is 3. The molecule has 57 heavy (non-hydrogen) atoms. The van der Waals surface area contributed by atoms with Gasteiger partial charge < -0.3 is 25.4 Å². The lowest BCUT2D eigenvalue weighted by Crippen LogP contribution is -2.64. The van der Waals surface area contributed by atoms with Crippen molar-refractivity contribution in [2.75, 3.05) is 6.54 Å². The van der Waals surface area contributed by atoms with Crippen LogP contribution in [0.15, 0.2) is 36.4 Å². The first-order valence-corrected chi connectivity index (χ1v) is 22.4. The van der Waals surface area contributed by atoms with Crippen molar-refractivity contribution in [1.82, 2.24) is 30.2 Å². The maximum atomic E-state index is 14.5. The van der Waals surface area contributed by atoms with Crippen molar-refractivity contribution < 1.29 is 37.4 Å². The van der Waals surface area contributed by atoms with Crippen LogP contribution in [0.5, 0.6) is 5.88 Å². The van der Waals surface area contributed by atoms with E-state index in [-0.39, 0.29) is 19.4 Å². The number of carbonyl (C=O) groups is 4. The van der Waals surface area contributed by atoms with E-state index in [9.17, 15) is 32.7 Å². The second-order valence-corrected chi connectivity index (χ2v) is 19.3. The molecule has 0 radical (unpaired) electrons. The van der Waals surface area contributed by atoms with Crippen molar-refractivity contribution in [3.63, 3.8) is 0 Å². The number of aromatic nitrogens is 2. The number of unbranched alkanes of at least 4 members (excludes halogenated alkanes) is 2. The minimum atomic E-state index is -4.04. The number of carboxylic acid groups (broad SMARTS) is 1. The molecule has 14 nitrogen and oxygen atoms in total. The summed E-state index contributed by atoms with van der Waals surface area (Å²) in [5, 5.41) is 14.9. The second kappa shape index (κ2) is 18.1. The minimum Gasteiger partial charge on any atom is -0.471 e. The number of nitrogens with one attached hydrogen (secondary N) is 3. The lowest BCUT2D eigenvalue weighted by Gasteiger charge is -2.36. The highest BCUT2D eigenvalue weighted by molar-refractivity contribution is 7.91. The smallest absolute Gasteiger partial charge is 0.405 e. The van der Waals surface area contributed by atoms with E-state index in [2.05, 4.69) is 15.4 Å². The number of allylic oxidation sites excluding steroid dienone is 1. The molecule has 2 aromatic rings. The molecule has 3 heterocycles. The Kier molecular flexibility index (Phi) is 13.5. The number of para-hydroxylation sites is 2. The van der Waals surface area contributed by atoms with Gasteiger partial charge in [-0.1, -0.05) is 89.0 Å². The van der Waals surface area contributed by atoms with Crippen molar-refractivity contribution in [2.45, 2.75) is 158 Å². The summed E-state index contributed by atoms with van der Waals surface area (Å²) < 4.78 is 34.2. The van der Waals surface area contributed by atoms with Crippen LogP contribution in [0, 0.1) is 11.8 Å². The number of hydrogen-bond donors (Lipinski definition) is 4. The lowest BCUT2D eigenvalue weighted by molar-refractivity contribution is -0.142. The Morgan fingerprint density at radius 3 is 2.39 bits per heavy atom. The summed E-state index contributed by atoms with van der Waals surface area (Å²) in [5.41, 5.74) is 0.340. The average molecular weight is 809 g/mol. The first-order valence-electron chi connectivity index (χ1n) is 21.0. The molecular formula is C42H60N6O8S. The summed E-state index contributed by atoms with van der Waals surface area (Å²) in [6.07, 6.45) is 15.7. The van der Waals surface area contributed by atoms with Crippen LogP contribution in [0.2, 0.25) is 0 Å². The highest BCUT2D eigenvalue weighted by atomic mass is 32.2. The van der Waals surface area contributed by atoms with E-state index in [1.54, 1.807) is 19.9 Å². The number of sulfonamides is 1. The highest BCUT2D eigenvalue weighted by Gasteiger charge is 2.53. The van der Waals surface area contributed by atoms with Crippen LogP contribution in [0.3, 0.4) is 0 Å². The molecule has 1 aromatic heterocycles. The molecule has 1 aromatic carbocycles. The van der Waals surface area contributed by atoms with Gasteiger partial charge >= 0.3 is 6.09 Å². The topological polar surface area (TPSA) is 197 Å². The van der Waals surface area contributed by atoms with Crippen LogP contribution < -0.4 is 20.1 Å². The third-order valence-electron chi connectivity index (χ3n) is 12.7. The fraction of sp³-hybridized carbons (Fsp3) is 0.667. The van der Waals surface area contributed by atoms with Crippen LogP contribution >= 0.6 is 0 Å². The van der Waals surface area contributed by atoms with Gasteiger partial charge in [0, 0.05) is 12.3 Å². The van der Waals surface area contributed by atoms with Gasteiger partial charge in [0.1, 0.15) is 29.4 Å². The number of aryl methyl sites for hydroxylation is 1. The molecule has 2 aliphatic carbocycles. The van der Waals surface area contributed by atoms with E-state index in [4.69, 9.17) is 14.7 Å². The van der Waals surface area contributed by atoms with Crippen LogP contribution in [-0.4, -0.2) is 87.2 Å². The highest BCUT2D eigenvalue weighted by Crippen LogP contribution is 2.42. The maximum Gasteiger partial charge on any atom is 0.405 e. The number of benzene rings is 1. The van der Waals surface area contributed by atoms with Crippen molar-refractivity contribution in [2.24, 2.45) is 11.8 Å². The molecule has 6 rings (SSSR count). The monoisotopic (exact) mass is 808 g/mol. The van der Waals surface area contributed by atoms with Gasteiger partial charge in [0.05, 0.1) is 22.3 Å². The number of hydrogen-bond acceptors (Lipinski definition) is 9. The summed E-state index contributed by atoms with van der Waals surface area (Å²) in [5.74, 6) is -1.62. The van der Waals surface area contributed by atoms with Crippen LogP contribution in [-0.2, 0) is 30.8 Å². The molecule has 0 spiro atoms. The second-order valence-electron chi connectivity index (χ2n) is 17.1. The van der Waals surface area contributed by atoms with Gasteiger partial charge in [-0.2, -0.15) is 0 Å². The van der Waals surface area contributed by atoms with Gasteiger partial charge in [0.2, 0.25) is 27.7 Å². The van der Waals surface area contributed by atoms with Gasteiger partial charge in [-0.3, -0.25) is 19.1 Å². The van der Waals surface area contributed by atoms with Gasteiger partial charge in [0.25, 0.3) is 5.91 Å². The normalized spacial score (nSPS) is 27.8. The van der Waals surface area contributed by atoms with Gasteiger partial charge in [0.15, 0.2) is 0 Å². The molecular weight excluding hydrogens is 749 g/mol. The van der Waals surface area contributed by atoms with E-state index >= 15 is 0 Å². The predicted molar refractivity (Wildman–Crippen MR) is 216 cm³/mol. The Bertz CT molecular complexity index is 1930. The minimum absolute atomic E-state index is 0.0188. The molecule has 1 saturated heterocycles. The molecule has 312 valence electrons. The van der Waals surface area contributed by atoms with Crippen molar-refractivity contribution in [3.05, 3.63) is 42.1 Å². The fourth-order valence-corrected chi connectivity index (χ4v) is 9.75. The molecule has 4 amide bonds. The largest absolute Gasteiger partial charge is 0.471 e. The van der Waals surface area contributed by atoms with Gasteiger partial charge in [-0.25, -0.2) is 23.2 Å². The number of ether oxygens (including phenoxy) is 1. The number of rotatable bonds is 12. The summed E-state index contributed by atoms with van der Waals surface area (Å²) in [6, 6.07) is 5.25. The SMILES string of the molecule is C[C@H]1/C=C\CCCCC[C@H](NC(=O)O)C(=O)N2C[C@H](Oc3nc4ccccc4nc3CCCCCC3CCCC3)C[C@H]2C(=O)N[C@@]1(C)C(=O)NS(=O)(=O)C1(C)CC1. The summed E-state index contributed by atoms with van der Waals surface area (Å²) >= 11 is 0. The van der Waals surface area contributed by atoms with Crippen LogP contribution in [0.1, 0.15) is 129 Å². The molecule has 2 aliphatic heterocycles. The Hall–Kier alpha value is -4.27. The molecule has 2 saturated carbocycles. The third kappa shape index (κ3) is 10.2. The number of fused-ring (bicyclic) bond motifs is 2. The van der Waals surface area contributed by atoms with Crippen molar-refractivity contribution >= 4 is 44.9 Å². The van der Waals surface area contributed by atoms with Gasteiger partial charge in [-0.15, -0.1) is 0 Å². The van der Waals surface area contributed by atoms with E-state index in [0.29, 0.717) is 55.6 Å². The summed E-state index contributed by atoms with van der Waals surface area (Å²) in [4.78, 5) is 65.9. The molecule has 5 atom stereocenters. The average Bonchev–Trinajstić information content (AvgIpc) is 3.51. The number of amides is 4. The summed E-state index contributed by atoms with van der Waals surface area (Å²) in [6.45, 7) is 4.77. The van der Waals surface area contributed by atoms with Gasteiger partial charge in [-0.05, 0) is 76.8 Å². The zero-order valence-corrected chi connectivity index (χ0v) is 34.5. The zero-order chi connectivity index (χ0) is 40.8. The van der Waals surface area contributed by atoms with Crippen LogP contribution in [0.25, 0.3) is 11.0 Å². The molecule has 0 bridgehead atoms. The predicted octanol–water partition coefficient (Wildman–Crippen LogP) is 5.94. The molecule has 3 fully saturated rings. The van der Waals surface area contributed by atoms with E-state index in [1.165, 1.54) is 43.9 Å². The molecule has 4 aliphatic rings. The molecule has 4 N–H and O–H groups in total. The maximum absolute atomic E-state index is 14.5. The standard InChI is InChI=1S/C42H60N6O8S/c1-28-16-8-5-4-6-10-23-34(45-40(52)53)38(50)48-27-30(26-35(48)36(49)46-42(28,3)39(51)47-57(54,55)41(2)24-25-41)56-37-33(43-31-20-14-15-21-32(31)44-37)22-11-7-9-17-29-18-12-13-19-29/h8,14-16,20-21,28-30,34-35,45H,4-7,9-13,17-19,22-27H2,1-3H3,(H,46,49)(H,47,51)(H,52,53)/b16-8-/t28-,30+,34-,35-,42+/m0/s1. The lowest BCUT2D eigenvalue weighted by atomic mass is 9.85. The van der Waals surface area contributed by atoms with Crippen molar-refractivity contribution in [1.29, 1.82) is 0 Å². The zero-order valence-electron chi connectivity index (χ0n) is 33.6. The quantitative estimate of drug-likeness (QED) is 0.147. The first-order chi connectivity index (χ1) is 27.2. The Morgan fingerprint density at radius 1 is 0.982 bits per heavy atom. The van der Waals surface area contributed by atoms with E-state index in [0.717, 1.165) is 37.1 Å². The summed E-state index contributed by atoms with van der Waals surface area (Å²) in [7, 11) is -4.04. The fourth-order valence-electron chi connectivity index (χ4n) is 8.41.